The summed E-state index contributed by atoms with van der Waals surface area (Å²) in [4.78, 5) is 20.8. The Morgan fingerprint density at radius 2 is 1.96 bits per heavy atom. The largest absolute Gasteiger partial charge is 0.314 e. The first kappa shape index (κ1) is 18.8. The lowest BCUT2D eigenvalue weighted by atomic mass is 10.1. The summed E-state index contributed by atoms with van der Waals surface area (Å²) >= 11 is 1.54. The fraction of sp³-hybridized carbons (Fsp3) is 0.350. The highest BCUT2D eigenvalue weighted by Gasteiger charge is 2.19. The van der Waals surface area contributed by atoms with Gasteiger partial charge in [0.05, 0.1) is 5.69 Å². The molecule has 1 amide bonds. The van der Waals surface area contributed by atoms with Gasteiger partial charge in [0.2, 0.25) is 0 Å². The van der Waals surface area contributed by atoms with E-state index in [2.05, 4.69) is 51.8 Å². The molecule has 0 spiro atoms. The van der Waals surface area contributed by atoms with Gasteiger partial charge < -0.3 is 5.32 Å². The number of hydrogen-bond acceptors (Lipinski definition) is 6. The summed E-state index contributed by atoms with van der Waals surface area (Å²) in [5.41, 5.74) is 3.62. The van der Waals surface area contributed by atoms with E-state index in [1.54, 1.807) is 35.3 Å². The smallest absolute Gasteiger partial charge is 0.277 e. The molecule has 0 radical (unpaired) electrons. The first-order valence-electron chi connectivity index (χ1n) is 9.39. The molecule has 7 nitrogen and oxygen atoms in total. The number of carbonyl (C=O) groups is 1. The minimum Gasteiger partial charge on any atom is -0.314 e. The number of aromatic nitrogens is 3. The van der Waals surface area contributed by atoms with Crippen molar-refractivity contribution >= 4 is 22.4 Å². The van der Waals surface area contributed by atoms with Crippen molar-refractivity contribution < 1.29 is 4.79 Å². The maximum absolute atomic E-state index is 12.5. The molecule has 2 aromatic heterocycles. The van der Waals surface area contributed by atoms with Crippen molar-refractivity contribution in [2.75, 3.05) is 31.5 Å². The van der Waals surface area contributed by atoms with Crippen molar-refractivity contribution in [3.05, 3.63) is 52.7 Å². The molecular weight excluding hydrogens is 372 g/mol. The highest BCUT2D eigenvalue weighted by Crippen LogP contribution is 2.32. The lowest BCUT2D eigenvalue weighted by Crippen LogP contribution is -2.42. The number of rotatable bonds is 5. The van der Waals surface area contributed by atoms with Gasteiger partial charge in [-0.05, 0) is 13.0 Å². The van der Waals surface area contributed by atoms with E-state index >= 15 is 0 Å². The van der Waals surface area contributed by atoms with Crippen LogP contribution in [-0.4, -0.2) is 51.8 Å². The summed E-state index contributed by atoms with van der Waals surface area (Å²) in [5, 5.41) is 11.1. The Labute approximate surface area is 168 Å². The highest BCUT2D eigenvalue weighted by molar-refractivity contribution is 7.16. The van der Waals surface area contributed by atoms with E-state index in [1.807, 2.05) is 0 Å². The highest BCUT2D eigenvalue weighted by atomic mass is 32.1. The summed E-state index contributed by atoms with van der Waals surface area (Å²) < 4.78 is 1.62. The van der Waals surface area contributed by atoms with Crippen molar-refractivity contribution in [1.82, 2.24) is 25.0 Å². The second-order valence-electron chi connectivity index (χ2n) is 7.01. The van der Waals surface area contributed by atoms with E-state index in [-0.39, 0.29) is 5.91 Å². The van der Waals surface area contributed by atoms with Gasteiger partial charge in [-0.1, -0.05) is 41.2 Å². The molecule has 0 bridgehead atoms. The van der Waals surface area contributed by atoms with E-state index in [1.165, 1.54) is 10.4 Å². The number of aryl methyl sites for hydroxylation is 2. The molecule has 0 unspecified atom stereocenters. The van der Waals surface area contributed by atoms with Gasteiger partial charge in [-0.25, -0.2) is 4.98 Å². The SMILES string of the molecule is Cc1ccc(-c2nc(NC(=O)c3ccn(C)n3)sc2CN2CCNCC2)cc1. The van der Waals surface area contributed by atoms with Crippen LogP contribution in [0.25, 0.3) is 11.3 Å². The number of carbonyl (C=O) groups excluding carboxylic acids is 1. The molecule has 1 aliphatic rings. The summed E-state index contributed by atoms with van der Waals surface area (Å²) in [6, 6.07) is 10.1. The lowest BCUT2D eigenvalue weighted by Gasteiger charge is -2.26. The lowest BCUT2D eigenvalue weighted by molar-refractivity contribution is 0.102. The van der Waals surface area contributed by atoms with Crippen molar-refractivity contribution in [2.24, 2.45) is 7.05 Å². The Kier molecular flexibility index (Phi) is 5.52. The number of benzene rings is 1. The number of hydrogen-bond donors (Lipinski definition) is 2. The van der Waals surface area contributed by atoms with E-state index in [9.17, 15) is 4.79 Å². The number of anilines is 1. The molecule has 4 rings (SSSR count). The third-order valence-corrected chi connectivity index (χ3v) is 5.72. The number of nitrogens with zero attached hydrogens (tertiary/aromatic N) is 4. The van der Waals surface area contributed by atoms with Gasteiger partial charge in [-0.3, -0.25) is 19.7 Å². The molecule has 3 aromatic rings. The predicted octanol–water partition coefficient (Wildman–Crippen LogP) is 2.51. The Morgan fingerprint density at radius 3 is 2.64 bits per heavy atom. The van der Waals surface area contributed by atoms with Gasteiger partial charge in [0, 0.05) is 56.4 Å². The normalized spacial score (nSPS) is 14.9. The Hall–Kier alpha value is -2.55. The van der Waals surface area contributed by atoms with Crippen molar-refractivity contribution in [3.8, 4) is 11.3 Å². The molecule has 1 aromatic carbocycles. The maximum atomic E-state index is 12.5. The summed E-state index contributed by atoms with van der Waals surface area (Å²) in [6.45, 7) is 6.94. The van der Waals surface area contributed by atoms with Gasteiger partial charge in [0.15, 0.2) is 10.8 Å². The average molecular weight is 397 g/mol. The van der Waals surface area contributed by atoms with Crippen LogP contribution in [0.2, 0.25) is 0 Å². The number of nitrogens with one attached hydrogen (secondary N) is 2. The third kappa shape index (κ3) is 4.30. The van der Waals surface area contributed by atoms with Crippen LogP contribution in [0, 0.1) is 6.92 Å². The maximum Gasteiger partial charge on any atom is 0.277 e. The van der Waals surface area contributed by atoms with Crippen LogP contribution in [0.1, 0.15) is 20.9 Å². The number of piperazine rings is 1. The minimum absolute atomic E-state index is 0.237. The van der Waals surface area contributed by atoms with Crippen LogP contribution in [-0.2, 0) is 13.6 Å². The molecular formula is C20H24N6OS. The summed E-state index contributed by atoms with van der Waals surface area (Å²) in [6.07, 6.45) is 1.75. The van der Waals surface area contributed by atoms with Crippen molar-refractivity contribution in [2.45, 2.75) is 13.5 Å². The monoisotopic (exact) mass is 396 g/mol. The molecule has 0 aliphatic carbocycles. The number of amides is 1. The molecule has 0 saturated carbocycles. The zero-order valence-corrected chi connectivity index (χ0v) is 16.9. The topological polar surface area (TPSA) is 75.1 Å². The quantitative estimate of drug-likeness (QED) is 0.693. The van der Waals surface area contributed by atoms with Crippen LogP contribution >= 0.6 is 11.3 Å². The van der Waals surface area contributed by atoms with Crippen LogP contribution in [0.15, 0.2) is 36.5 Å². The van der Waals surface area contributed by atoms with Crippen molar-refractivity contribution in [1.29, 1.82) is 0 Å². The Morgan fingerprint density at radius 1 is 1.21 bits per heavy atom. The van der Waals surface area contributed by atoms with Crippen LogP contribution < -0.4 is 10.6 Å². The van der Waals surface area contributed by atoms with E-state index in [4.69, 9.17) is 4.98 Å². The molecule has 8 heteroatoms. The Bertz CT molecular complexity index is 955. The minimum atomic E-state index is -0.237. The standard InChI is InChI=1S/C20H24N6OS/c1-14-3-5-15(6-4-14)18-17(13-26-11-8-21-9-12-26)28-20(22-18)23-19(27)16-7-10-25(2)24-16/h3-7,10,21H,8-9,11-13H2,1-2H3,(H,22,23,27). The van der Waals surface area contributed by atoms with E-state index in [0.717, 1.165) is 44.0 Å². The van der Waals surface area contributed by atoms with Gasteiger partial charge >= 0.3 is 0 Å². The first-order chi connectivity index (χ1) is 13.6. The molecule has 28 heavy (non-hydrogen) atoms. The van der Waals surface area contributed by atoms with Gasteiger partial charge in [0.1, 0.15) is 0 Å². The molecule has 1 saturated heterocycles. The second-order valence-corrected chi connectivity index (χ2v) is 8.10. The van der Waals surface area contributed by atoms with E-state index in [0.29, 0.717) is 10.8 Å². The second kappa shape index (κ2) is 8.22. The molecule has 1 fully saturated rings. The predicted molar refractivity (Wildman–Crippen MR) is 112 cm³/mol. The van der Waals surface area contributed by atoms with Crippen LogP contribution in [0.3, 0.4) is 0 Å². The van der Waals surface area contributed by atoms with Gasteiger partial charge in [-0.2, -0.15) is 5.10 Å². The summed E-state index contributed by atoms with van der Waals surface area (Å²) in [7, 11) is 1.79. The molecule has 3 heterocycles. The van der Waals surface area contributed by atoms with Gasteiger partial charge in [0.25, 0.3) is 5.91 Å². The average Bonchev–Trinajstić information content (AvgIpc) is 3.30. The molecule has 146 valence electrons. The Balaban J connectivity index is 1.60. The van der Waals surface area contributed by atoms with Gasteiger partial charge in [-0.15, -0.1) is 0 Å². The zero-order chi connectivity index (χ0) is 19.5. The zero-order valence-electron chi connectivity index (χ0n) is 16.1. The molecule has 1 aliphatic heterocycles. The van der Waals surface area contributed by atoms with Crippen LogP contribution in [0.4, 0.5) is 5.13 Å². The van der Waals surface area contributed by atoms with E-state index < -0.39 is 0 Å². The molecule has 0 atom stereocenters. The fourth-order valence-corrected chi connectivity index (χ4v) is 4.24. The number of thiazole rings is 1. The van der Waals surface area contributed by atoms with Crippen LogP contribution in [0.5, 0.6) is 0 Å². The fourth-order valence-electron chi connectivity index (χ4n) is 3.22. The summed E-state index contributed by atoms with van der Waals surface area (Å²) in [5.74, 6) is -0.237. The van der Waals surface area contributed by atoms with Crippen molar-refractivity contribution in [3.63, 3.8) is 0 Å². The molecule has 2 N–H and O–H groups in total. The third-order valence-electron chi connectivity index (χ3n) is 4.77. The first-order valence-corrected chi connectivity index (χ1v) is 10.2.